The third kappa shape index (κ3) is 2.86. The smallest absolute Gasteiger partial charge is 0.203 e. The quantitative estimate of drug-likeness (QED) is 0.911. The molecule has 108 valence electrons. The molecule has 1 fully saturated rings. The molecule has 3 rings (SSSR count). The number of hydrogen-bond acceptors (Lipinski definition) is 3. The van der Waals surface area contributed by atoms with Crippen LogP contribution in [-0.4, -0.2) is 25.1 Å². The van der Waals surface area contributed by atoms with Crippen LogP contribution in [-0.2, 0) is 6.54 Å². The van der Waals surface area contributed by atoms with Crippen LogP contribution in [0.25, 0.3) is 0 Å². The molecule has 2 heterocycles. The lowest BCUT2D eigenvalue weighted by Gasteiger charge is -2.19. The number of hydrogen-bond donors (Lipinski definition) is 1. The minimum Gasteiger partial charge on any atom is -0.353 e. The second-order valence-electron chi connectivity index (χ2n) is 5.85. The Bertz CT molecular complexity index is 537. The van der Waals surface area contributed by atoms with Gasteiger partial charge in [-0.3, -0.25) is 0 Å². The summed E-state index contributed by atoms with van der Waals surface area (Å²) in [5.41, 5.74) is 1.07. The van der Waals surface area contributed by atoms with Gasteiger partial charge in [-0.1, -0.05) is 12.8 Å². The highest BCUT2D eigenvalue weighted by molar-refractivity contribution is 5.31. The first-order valence-electron chi connectivity index (χ1n) is 7.50. The predicted octanol–water partition coefficient (Wildman–Crippen LogP) is 3.00. The molecular weight excluding hydrogens is 250 g/mol. The van der Waals surface area contributed by atoms with Crippen LogP contribution in [0.5, 0.6) is 0 Å². The van der Waals surface area contributed by atoms with Gasteiger partial charge in [0.05, 0.1) is 18.1 Å². The van der Waals surface area contributed by atoms with Gasteiger partial charge < -0.3 is 14.5 Å². The van der Waals surface area contributed by atoms with Gasteiger partial charge in [0, 0.05) is 31.2 Å². The number of aromatic nitrogens is 4. The van der Waals surface area contributed by atoms with Crippen LogP contribution in [0.3, 0.4) is 0 Å². The molecule has 0 aliphatic heterocycles. The first-order valence-corrected chi connectivity index (χ1v) is 7.50. The van der Waals surface area contributed by atoms with Gasteiger partial charge >= 0.3 is 0 Å². The van der Waals surface area contributed by atoms with E-state index in [-0.39, 0.29) is 0 Å². The zero-order chi connectivity index (χ0) is 13.9. The van der Waals surface area contributed by atoms with Crippen molar-refractivity contribution in [1.82, 2.24) is 19.1 Å². The van der Waals surface area contributed by atoms with Crippen LogP contribution in [0, 0.1) is 6.92 Å². The Kier molecular flexibility index (Phi) is 3.76. The molecule has 0 radical (unpaired) electrons. The lowest BCUT2D eigenvalue weighted by atomic mass is 10.2. The van der Waals surface area contributed by atoms with Gasteiger partial charge in [-0.2, -0.15) is 0 Å². The maximum absolute atomic E-state index is 4.65. The number of aryl methyl sites for hydroxylation is 1. The molecule has 1 N–H and O–H groups in total. The van der Waals surface area contributed by atoms with E-state index in [1.807, 2.05) is 18.7 Å². The Labute approximate surface area is 120 Å². The second kappa shape index (κ2) is 5.69. The summed E-state index contributed by atoms with van der Waals surface area (Å²) in [4.78, 5) is 8.75. The molecule has 1 atom stereocenters. The second-order valence-corrected chi connectivity index (χ2v) is 5.85. The monoisotopic (exact) mass is 273 g/mol. The molecule has 0 spiro atoms. The van der Waals surface area contributed by atoms with Gasteiger partial charge in [0.15, 0.2) is 0 Å². The van der Waals surface area contributed by atoms with Gasteiger partial charge in [-0.05, 0) is 26.7 Å². The topological polar surface area (TPSA) is 47.7 Å². The molecule has 5 nitrogen and oxygen atoms in total. The SMILES string of the molecule is Cc1cn(C(C)Cn2ccnc2)c(NC2CCCC2)n1. The van der Waals surface area contributed by atoms with Crippen LogP contribution >= 0.6 is 0 Å². The number of rotatable bonds is 5. The summed E-state index contributed by atoms with van der Waals surface area (Å²) >= 11 is 0. The fraction of sp³-hybridized carbons (Fsp3) is 0.600. The van der Waals surface area contributed by atoms with E-state index >= 15 is 0 Å². The van der Waals surface area contributed by atoms with E-state index in [1.165, 1.54) is 25.7 Å². The molecule has 0 aromatic carbocycles. The Balaban J connectivity index is 1.74. The predicted molar refractivity (Wildman–Crippen MR) is 79.8 cm³/mol. The maximum atomic E-state index is 4.65. The summed E-state index contributed by atoms with van der Waals surface area (Å²) in [6.45, 7) is 5.19. The van der Waals surface area contributed by atoms with Crippen molar-refractivity contribution in [3.8, 4) is 0 Å². The summed E-state index contributed by atoms with van der Waals surface area (Å²) in [5, 5.41) is 3.62. The zero-order valence-electron chi connectivity index (χ0n) is 12.3. The average Bonchev–Trinajstić information content (AvgIpc) is 3.12. The molecular formula is C15H23N5. The Hall–Kier alpha value is -1.78. The Morgan fingerprint density at radius 3 is 2.90 bits per heavy atom. The molecule has 0 bridgehead atoms. The highest BCUT2D eigenvalue weighted by Gasteiger charge is 2.19. The van der Waals surface area contributed by atoms with Crippen LogP contribution in [0.4, 0.5) is 5.95 Å². The maximum Gasteiger partial charge on any atom is 0.203 e. The van der Waals surface area contributed by atoms with Crippen molar-refractivity contribution in [1.29, 1.82) is 0 Å². The molecule has 1 saturated carbocycles. The molecule has 0 amide bonds. The number of anilines is 1. The van der Waals surface area contributed by atoms with Gasteiger partial charge in [0.1, 0.15) is 0 Å². The molecule has 1 unspecified atom stereocenters. The van der Waals surface area contributed by atoms with Crippen molar-refractivity contribution in [3.05, 3.63) is 30.6 Å². The van der Waals surface area contributed by atoms with E-state index in [4.69, 9.17) is 0 Å². The van der Waals surface area contributed by atoms with Crippen LogP contribution < -0.4 is 5.32 Å². The molecule has 20 heavy (non-hydrogen) atoms. The summed E-state index contributed by atoms with van der Waals surface area (Å²) in [6.07, 6.45) is 13.0. The fourth-order valence-electron chi connectivity index (χ4n) is 3.00. The molecule has 1 aliphatic carbocycles. The van der Waals surface area contributed by atoms with Gasteiger partial charge in [0.25, 0.3) is 0 Å². The van der Waals surface area contributed by atoms with Gasteiger partial charge in [-0.25, -0.2) is 9.97 Å². The molecule has 5 heteroatoms. The first-order chi connectivity index (χ1) is 9.72. The van der Waals surface area contributed by atoms with Gasteiger partial charge in [-0.15, -0.1) is 0 Å². The molecule has 2 aromatic rings. The number of imidazole rings is 2. The highest BCUT2D eigenvalue weighted by atomic mass is 15.2. The lowest BCUT2D eigenvalue weighted by molar-refractivity contribution is 0.465. The Morgan fingerprint density at radius 1 is 1.40 bits per heavy atom. The van der Waals surface area contributed by atoms with Crippen LogP contribution in [0.1, 0.15) is 44.3 Å². The summed E-state index contributed by atoms with van der Waals surface area (Å²) < 4.78 is 4.37. The minimum atomic E-state index is 0.356. The van der Waals surface area contributed by atoms with E-state index < -0.39 is 0 Å². The van der Waals surface area contributed by atoms with E-state index in [0.717, 1.165) is 18.2 Å². The van der Waals surface area contributed by atoms with Crippen LogP contribution in [0.2, 0.25) is 0 Å². The third-order valence-corrected chi connectivity index (χ3v) is 4.05. The van der Waals surface area contributed by atoms with E-state index in [2.05, 4.69) is 44.5 Å². The normalized spacial score (nSPS) is 17.5. The van der Waals surface area contributed by atoms with E-state index in [1.54, 1.807) is 0 Å². The van der Waals surface area contributed by atoms with Crippen molar-refractivity contribution in [3.63, 3.8) is 0 Å². The average molecular weight is 273 g/mol. The zero-order valence-corrected chi connectivity index (χ0v) is 12.3. The lowest BCUT2D eigenvalue weighted by Crippen LogP contribution is -2.20. The van der Waals surface area contributed by atoms with Crippen molar-refractivity contribution in [2.75, 3.05) is 5.32 Å². The van der Waals surface area contributed by atoms with Crippen molar-refractivity contribution in [2.24, 2.45) is 0 Å². The van der Waals surface area contributed by atoms with Crippen molar-refractivity contribution in [2.45, 2.75) is 58.2 Å². The van der Waals surface area contributed by atoms with E-state index in [0.29, 0.717) is 12.1 Å². The Morgan fingerprint density at radius 2 is 2.20 bits per heavy atom. The molecule has 0 saturated heterocycles. The van der Waals surface area contributed by atoms with Gasteiger partial charge in [0.2, 0.25) is 5.95 Å². The molecule has 2 aromatic heterocycles. The summed E-state index contributed by atoms with van der Waals surface area (Å²) in [7, 11) is 0. The highest BCUT2D eigenvalue weighted by Crippen LogP contribution is 2.24. The fourth-order valence-corrected chi connectivity index (χ4v) is 3.00. The first kappa shape index (κ1) is 13.2. The van der Waals surface area contributed by atoms with Crippen molar-refractivity contribution >= 4 is 5.95 Å². The standard InChI is InChI=1S/C15H23N5/c1-12-9-20(13(2)10-19-8-7-16-11-19)15(17-12)18-14-5-3-4-6-14/h7-9,11,13-14H,3-6,10H2,1-2H3,(H,17,18). The largest absolute Gasteiger partial charge is 0.353 e. The van der Waals surface area contributed by atoms with Crippen molar-refractivity contribution < 1.29 is 0 Å². The minimum absolute atomic E-state index is 0.356. The number of nitrogens with zero attached hydrogens (tertiary/aromatic N) is 4. The van der Waals surface area contributed by atoms with E-state index in [9.17, 15) is 0 Å². The number of nitrogens with one attached hydrogen (secondary N) is 1. The third-order valence-electron chi connectivity index (χ3n) is 4.05. The molecule has 1 aliphatic rings. The van der Waals surface area contributed by atoms with Crippen LogP contribution in [0.15, 0.2) is 24.9 Å². The summed E-state index contributed by atoms with van der Waals surface area (Å²) in [6, 6.07) is 0.949. The summed E-state index contributed by atoms with van der Waals surface area (Å²) in [5.74, 6) is 1.02.